The van der Waals surface area contributed by atoms with Gasteiger partial charge in [0.25, 0.3) is 0 Å². The number of nitrogens with one attached hydrogen (secondary N) is 2. The fourth-order valence-electron chi connectivity index (χ4n) is 3.51. The van der Waals surface area contributed by atoms with Gasteiger partial charge in [0, 0.05) is 58.1 Å². The van der Waals surface area contributed by atoms with E-state index in [1.54, 1.807) is 30.1 Å². The molecule has 1 aliphatic rings. The Kier molecular flexibility index (Phi) is 7.75. The number of para-hydroxylation sites is 1. The first-order valence-electron chi connectivity index (χ1n) is 10.3. The molecular formula is C22H28F2N6O. The summed E-state index contributed by atoms with van der Waals surface area (Å²) in [7, 11) is 3.37. The molecule has 2 aromatic rings. The molecule has 31 heavy (non-hydrogen) atoms. The monoisotopic (exact) mass is 430 g/mol. The molecule has 2 N–H and O–H groups in total. The second kappa shape index (κ2) is 10.7. The van der Waals surface area contributed by atoms with E-state index in [0.29, 0.717) is 38.4 Å². The molecule has 1 amide bonds. The van der Waals surface area contributed by atoms with Crippen LogP contribution < -0.4 is 15.5 Å². The summed E-state index contributed by atoms with van der Waals surface area (Å²) in [5.74, 6) is -0.724. The smallest absolute Gasteiger partial charge is 0.241 e. The number of hydrogen-bond acceptors (Lipinski definition) is 4. The van der Waals surface area contributed by atoms with Crippen LogP contribution in [0.5, 0.6) is 0 Å². The number of aromatic nitrogens is 1. The molecule has 0 bridgehead atoms. The predicted octanol–water partition coefficient (Wildman–Crippen LogP) is 1.80. The highest BCUT2D eigenvalue weighted by Crippen LogP contribution is 2.26. The van der Waals surface area contributed by atoms with Gasteiger partial charge in [0.1, 0.15) is 17.3 Å². The van der Waals surface area contributed by atoms with Crippen molar-refractivity contribution < 1.29 is 13.6 Å². The summed E-state index contributed by atoms with van der Waals surface area (Å²) >= 11 is 0. The lowest BCUT2D eigenvalue weighted by Gasteiger charge is -2.22. The van der Waals surface area contributed by atoms with Gasteiger partial charge in [0.15, 0.2) is 5.96 Å². The Morgan fingerprint density at radius 1 is 1.26 bits per heavy atom. The maximum absolute atomic E-state index is 14.0. The Labute approximate surface area is 181 Å². The van der Waals surface area contributed by atoms with Crippen LogP contribution in [-0.4, -0.2) is 68.1 Å². The fraction of sp³-hybridized carbons (Fsp3) is 0.409. The number of nitrogens with zero attached hydrogens (tertiary/aromatic N) is 4. The second-order valence-corrected chi connectivity index (χ2v) is 7.46. The summed E-state index contributed by atoms with van der Waals surface area (Å²) < 4.78 is 28.1. The molecule has 7 nitrogen and oxygen atoms in total. The van der Waals surface area contributed by atoms with Gasteiger partial charge in [-0.05, 0) is 30.7 Å². The first-order valence-corrected chi connectivity index (χ1v) is 10.3. The minimum atomic E-state index is -0.567. The predicted molar refractivity (Wildman–Crippen MR) is 117 cm³/mol. The maximum Gasteiger partial charge on any atom is 0.241 e. The third-order valence-corrected chi connectivity index (χ3v) is 5.27. The van der Waals surface area contributed by atoms with E-state index in [9.17, 15) is 13.6 Å². The SMILES string of the molecule is CN=C(NCC(=O)N(C)CCc1ccccn1)NC1CCN(c2c(F)cccc2F)C1. The van der Waals surface area contributed by atoms with Crippen molar-refractivity contribution in [2.24, 2.45) is 4.99 Å². The largest absolute Gasteiger partial charge is 0.365 e. The van der Waals surface area contributed by atoms with Crippen molar-refractivity contribution in [3.05, 3.63) is 59.9 Å². The number of anilines is 1. The third-order valence-electron chi connectivity index (χ3n) is 5.27. The molecule has 1 saturated heterocycles. The number of carbonyl (C=O) groups excluding carboxylic acids is 1. The Morgan fingerprint density at radius 2 is 2.03 bits per heavy atom. The molecule has 0 saturated carbocycles. The Balaban J connectivity index is 1.45. The first-order chi connectivity index (χ1) is 15.0. The van der Waals surface area contributed by atoms with Crippen LogP contribution in [0, 0.1) is 11.6 Å². The van der Waals surface area contributed by atoms with Crippen LogP contribution in [0.1, 0.15) is 12.1 Å². The van der Waals surface area contributed by atoms with Gasteiger partial charge in [-0.3, -0.25) is 14.8 Å². The zero-order chi connectivity index (χ0) is 22.2. The fourth-order valence-corrected chi connectivity index (χ4v) is 3.51. The first kappa shape index (κ1) is 22.5. The van der Waals surface area contributed by atoms with Crippen LogP contribution in [0.15, 0.2) is 47.6 Å². The van der Waals surface area contributed by atoms with Crippen LogP contribution in [0.25, 0.3) is 0 Å². The van der Waals surface area contributed by atoms with Crippen LogP contribution in [0.3, 0.4) is 0 Å². The summed E-state index contributed by atoms with van der Waals surface area (Å²) in [6.45, 7) is 1.63. The van der Waals surface area contributed by atoms with E-state index in [1.807, 2.05) is 18.2 Å². The molecule has 1 aromatic heterocycles. The van der Waals surface area contributed by atoms with Gasteiger partial charge in [-0.15, -0.1) is 0 Å². The molecule has 1 fully saturated rings. The summed E-state index contributed by atoms with van der Waals surface area (Å²) in [5.41, 5.74) is 0.934. The molecule has 0 spiro atoms. The summed E-state index contributed by atoms with van der Waals surface area (Å²) in [5, 5.41) is 6.25. The zero-order valence-electron chi connectivity index (χ0n) is 17.8. The molecule has 1 atom stereocenters. The van der Waals surface area contributed by atoms with Crippen LogP contribution >= 0.6 is 0 Å². The number of rotatable bonds is 7. The zero-order valence-corrected chi connectivity index (χ0v) is 17.8. The van der Waals surface area contributed by atoms with Crippen molar-refractivity contribution in [1.82, 2.24) is 20.5 Å². The molecule has 0 aliphatic carbocycles. The lowest BCUT2D eigenvalue weighted by atomic mass is 10.2. The van der Waals surface area contributed by atoms with Crippen molar-refractivity contribution in [2.75, 3.05) is 45.2 Å². The van der Waals surface area contributed by atoms with E-state index >= 15 is 0 Å². The number of benzene rings is 1. The van der Waals surface area contributed by atoms with Crippen molar-refractivity contribution in [1.29, 1.82) is 0 Å². The van der Waals surface area contributed by atoms with Crippen molar-refractivity contribution in [3.8, 4) is 0 Å². The summed E-state index contributed by atoms with van der Waals surface area (Å²) in [6.07, 6.45) is 3.12. The average Bonchev–Trinajstić information content (AvgIpc) is 3.23. The van der Waals surface area contributed by atoms with Crippen LogP contribution in [-0.2, 0) is 11.2 Å². The van der Waals surface area contributed by atoms with Gasteiger partial charge in [0.05, 0.1) is 6.54 Å². The van der Waals surface area contributed by atoms with Gasteiger partial charge >= 0.3 is 0 Å². The van der Waals surface area contributed by atoms with Gasteiger partial charge in [-0.2, -0.15) is 0 Å². The number of likely N-dealkylation sites (N-methyl/N-ethyl adjacent to an activating group) is 1. The van der Waals surface area contributed by atoms with Crippen molar-refractivity contribution in [2.45, 2.75) is 18.9 Å². The van der Waals surface area contributed by atoms with E-state index < -0.39 is 11.6 Å². The van der Waals surface area contributed by atoms with E-state index in [-0.39, 0.29) is 24.2 Å². The molecule has 3 rings (SSSR count). The van der Waals surface area contributed by atoms with E-state index in [1.165, 1.54) is 18.2 Å². The summed E-state index contributed by atoms with van der Waals surface area (Å²) in [6, 6.07) is 9.55. The Hall–Kier alpha value is -3.23. The number of hydrogen-bond donors (Lipinski definition) is 2. The molecule has 1 aliphatic heterocycles. The molecule has 1 aromatic carbocycles. The second-order valence-electron chi connectivity index (χ2n) is 7.46. The van der Waals surface area contributed by atoms with Crippen LogP contribution in [0.2, 0.25) is 0 Å². The normalized spacial score (nSPS) is 16.3. The minimum Gasteiger partial charge on any atom is -0.365 e. The molecular weight excluding hydrogens is 402 g/mol. The third kappa shape index (κ3) is 6.13. The Morgan fingerprint density at radius 3 is 2.71 bits per heavy atom. The highest BCUT2D eigenvalue weighted by Gasteiger charge is 2.27. The summed E-state index contributed by atoms with van der Waals surface area (Å²) in [4.78, 5) is 24.2. The van der Waals surface area contributed by atoms with Crippen molar-refractivity contribution in [3.63, 3.8) is 0 Å². The van der Waals surface area contributed by atoms with Gasteiger partial charge in [-0.25, -0.2) is 8.78 Å². The maximum atomic E-state index is 14.0. The van der Waals surface area contributed by atoms with Crippen LogP contribution in [0.4, 0.5) is 14.5 Å². The quantitative estimate of drug-likeness (QED) is 0.518. The van der Waals surface area contributed by atoms with Gasteiger partial charge in [-0.1, -0.05) is 12.1 Å². The number of aliphatic imine (C=N–C) groups is 1. The number of amides is 1. The van der Waals surface area contributed by atoms with E-state index in [4.69, 9.17) is 0 Å². The average molecular weight is 431 g/mol. The highest BCUT2D eigenvalue weighted by atomic mass is 19.1. The molecule has 166 valence electrons. The van der Waals surface area contributed by atoms with Crippen molar-refractivity contribution >= 4 is 17.6 Å². The lowest BCUT2D eigenvalue weighted by molar-refractivity contribution is -0.128. The molecule has 2 heterocycles. The molecule has 0 radical (unpaired) electrons. The number of guanidine groups is 1. The lowest BCUT2D eigenvalue weighted by Crippen LogP contribution is -2.48. The Bertz CT molecular complexity index is 888. The number of carbonyl (C=O) groups is 1. The molecule has 1 unspecified atom stereocenters. The number of halogens is 2. The van der Waals surface area contributed by atoms with Gasteiger partial charge in [0.2, 0.25) is 5.91 Å². The van der Waals surface area contributed by atoms with Gasteiger partial charge < -0.3 is 20.4 Å². The minimum absolute atomic E-state index is 0.000505. The topological polar surface area (TPSA) is 72.9 Å². The molecule has 9 heteroatoms. The highest BCUT2D eigenvalue weighted by molar-refractivity contribution is 5.86. The number of pyridine rings is 1. The van der Waals surface area contributed by atoms with E-state index in [2.05, 4.69) is 20.6 Å². The van der Waals surface area contributed by atoms with E-state index in [0.717, 1.165) is 5.69 Å². The standard InChI is InChI=1S/C22H28F2N6O/c1-25-22(27-14-20(31)29(2)12-9-16-6-3-4-11-26-16)28-17-10-13-30(15-17)21-18(23)7-5-8-19(21)24/h3-8,11,17H,9-10,12-15H2,1-2H3,(H2,25,27,28).